The zero-order chi connectivity index (χ0) is 11.7. The largest absolute Gasteiger partial charge is 0.478 e. The Morgan fingerprint density at radius 2 is 2.25 bits per heavy atom. The number of nitrogens with zero attached hydrogens (tertiary/aromatic N) is 2. The van der Waals surface area contributed by atoms with Crippen molar-refractivity contribution in [2.75, 3.05) is 0 Å². The quantitative estimate of drug-likeness (QED) is 0.820. The third-order valence-corrected chi connectivity index (χ3v) is 2.57. The van der Waals surface area contributed by atoms with Gasteiger partial charge in [0.15, 0.2) is 0 Å². The lowest BCUT2D eigenvalue weighted by molar-refractivity contribution is 0.0697. The van der Waals surface area contributed by atoms with Gasteiger partial charge in [-0.05, 0) is 18.2 Å². The molecule has 1 heterocycles. The molecule has 2 aromatic rings. The van der Waals surface area contributed by atoms with Crippen molar-refractivity contribution in [2.24, 2.45) is 0 Å². The smallest absolute Gasteiger partial charge is 0.338 e. The number of benzene rings is 1. The summed E-state index contributed by atoms with van der Waals surface area (Å²) in [5.74, 6) is -1.14. The lowest BCUT2D eigenvalue weighted by Gasteiger charge is -2.03. The molecule has 1 aromatic heterocycles. The van der Waals surface area contributed by atoms with Crippen LogP contribution in [0.2, 0.25) is 5.02 Å². The molecule has 0 radical (unpaired) electrons. The topological polar surface area (TPSA) is 74.0 Å². The normalized spacial score (nSPS) is 10.0. The molecule has 0 spiro atoms. The lowest BCUT2D eigenvalue weighted by Crippen LogP contribution is -1.99. The summed E-state index contributed by atoms with van der Waals surface area (Å²) in [4.78, 5) is 14.8. The highest BCUT2D eigenvalue weighted by molar-refractivity contribution is 6.38. The predicted octanol–water partition coefficient (Wildman–Crippen LogP) is 2.46. The predicted molar refractivity (Wildman–Crippen MR) is 58.4 cm³/mol. The molecule has 16 heavy (non-hydrogen) atoms. The van der Waals surface area contributed by atoms with E-state index in [4.69, 9.17) is 22.0 Å². The average Bonchev–Trinajstić information content (AvgIpc) is 2.28. The SMILES string of the molecule is N#Cc1ccc2ncc(C(=O)O)c(Cl)c2c1. The Morgan fingerprint density at radius 3 is 2.88 bits per heavy atom. The Morgan fingerprint density at radius 1 is 1.50 bits per heavy atom. The summed E-state index contributed by atoms with van der Waals surface area (Å²) in [5.41, 5.74) is 0.914. The zero-order valence-corrected chi connectivity index (χ0v) is 8.69. The van der Waals surface area contributed by atoms with Crippen LogP contribution in [0.1, 0.15) is 15.9 Å². The van der Waals surface area contributed by atoms with Crippen LogP contribution in [0.5, 0.6) is 0 Å². The van der Waals surface area contributed by atoms with Crippen LogP contribution in [0.4, 0.5) is 0 Å². The molecule has 5 heteroatoms. The number of halogens is 1. The molecule has 0 amide bonds. The van der Waals surface area contributed by atoms with E-state index in [9.17, 15) is 4.79 Å². The van der Waals surface area contributed by atoms with Crippen molar-refractivity contribution in [1.82, 2.24) is 4.98 Å². The number of carbonyl (C=O) groups is 1. The summed E-state index contributed by atoms with van der Waals surface area (Å²) in [6, 6.07) is 6.72. The molecule has 0 saturated heterocycles. The Labute approximate surface area is 95.7 Å². The van der Waals surface area contributed by atoms with Crippen molar-refractivity contribution >= 4 is 28.5 Å². The Balaban J connectivity index is 2.82. The van der Waals surface area contributed by atoms with Crippen molar-refractivity contribution in [1.29, 1.82) is 5.26 Å². The van der Waals surface area contributed by atoms with E-state index in [1.807, 2.05) is 6.07 Å². The van der Waals surface area contributed by atoms with Gasteiger partial charge in [0.25, 0.3) is 0 Å². The lowest BCUT2D eigenvalue weighted by atomic mass is 10.1. The van der Waals surface area contributed by atoms with Gasteiger partial charge < -0.3 is 5.11 Å². The first kappa shape index (κ1) is 10.4. The van der Waals surface area contributed by atoms with E-state index in [2.05, 4.69) is 4.98 Å². The van der Waals surface area contributed by atoms with Gasteiger partial charge in [-0.15, -0.1) is 0 Å². The number of hydrogen-bond acceptors (Lipinski definition) is 3. The molecule has 1 N–H and O–H groups in total. The molecule has 78 valence electrons. The average molecular weight is 233 g/mol. The molecule has 1 aromatic carbocycles. The number of carboxylic acid groups (broad SMARTS) is 1. The summed E-state index contributed by atoms with van der Waals surface area (Å²) in [6.07, 6.45) is 1.21. The van der Waals surface area contributed by atoms with Gasteiger partial charge in [-0.3, -0.25) is 4.98 Å². The molecular formula is C11H5ClN2O2. The summed E-state index contributed by atoms with van der Waals surface area (Å²) in [7, 11) is 0. The third-order valence-electron chi connectivity index (χ3n) is 2.16. The van der Waals surface area contributed by atoms with Crippen molar-refractivity contribution in [3.8, 4) is 6.07 Å². The standard InChI is InChI=1S/C11H5ClN2O2/c12-10-7-3-6(4-13)1-2-9(7)14-5-8(10)11(15)16/h1-3,5H,(H,15,16). The number of nitriles is 1. The van der Waals surface area contributed by atoms with Gasteiger partial charge in [-0.1, -0.05) is 11.6 Å². The Kier molecular flexibility index (Phi) is 2.47. The van der Waals surface area contributed by atoms with Crippen LogP contribution in [0.3, 0.4) is 0 Å². The highest BCUT2D eigenvalue weighted by Gasteiger charge is 2.12. The third kappa shape index (κ3) is 1.58. The Hall–Kier alpha value is -2.12. The molecule has 2 rings (SSSR count). The Bertz CT molecular complexity index is 632. The van der Waals surface area contributed by atoms with E-state index < -0.39 is 5.97 Å². The number of rotatable bonds is 1. The number of fused-ring (bicyclic) bond motifs is 1. The maximum absolute atomic E-state index is 10.8. The minimum Gasteiger partial charge on any atom is -0.478 e. The summed E-state index contributed by atoms with van der Waals surface area (Å²) < 4.78 is 0. The van der Waals surface area contributed by atoms with E-state index >= 15 is 0 Å². The van der Waals surface area contributed by atoms with Crippen molar-refractivity contribution in [2.45, 2.75) is 0 Å². The number of pyridine rings is 1. The van der Waals surface area contributed by atoms with E-state index in [0.717, 1.165) is 0 Å². The van der Waals surface area contributed by atoms with Crippen LogP contribution < -0.4 is 0 Å². The maximum Gasteiger partial charge on any atom is 0.338 e. The van der Waals surface area contributed by atoms with Gasteiger partial charge >= 0.3 is 5.97 Å². The van der Waals surface area contributed by atoms with Gasteiger partial charge in [-0.2, -0.15) is 5.26 Å². The van der Waals surface area contributed by atoms with Crippen LogP contribution >= 0.6 is 11.6 Å². The van der Waals surface area contributed by atoms with Crippen LogP contribution in [0, 0.1) is 11.3 Å². The number of hydrogen-bond donors (Lipinski definition) is 1. The molecule has 0 unspecified atom stereocenters. The maximum atomic E-state index is 10.8. The highest BCUT2D eigenvalue weighted by atomic mass is 35.5. The van der Waals surface area contributed by atoms with E-state index in [0.29, 0.717) is 16.5 Å². The molecule has 0 atom stereocenters. The molecule has 0 aliphatic carbocycles. The second-order valence-corrected chi connectivity index (χ2v) is 3.51. The fourth-order valence-electron chi connectivity index (χ4n) is 1.38. The van der Waals surface area contributed by atoms with Crippen LogP contribution in [0.25, 0.3) is 10.9 Å². The van der Waals surface area contributed by atoms with Crippen LogP contribution in [-0.4, -0.2) is 16.1 Å². The molecule has 0 fully saturated rings. The number of aromatic carboxylic acids is 1. The second-order valence-electron chi connectivity index (χ2n) is 3.13. The first-order valence-electron chi connectivity index (χ1n) is 4.35. The molecule has 0 saturated carbocycles. The van der Waals surface area contributed by atoms with E-state index in [1.54, 1.807) is 12.1 Å². The van der Waals surface area contributed by atoms with E-state index in [-0.39, 0.29) is 10.6 Å². The second kappa shape index (κ2) is 3.80. The van der Waals surface area contributed by atoms with Gasteiger partial charge in [0.2, 0.25) is 0 Å². The van der Waals surface area contributed by atoms with E-state index in [1.165, 1.54) is 12.3 Å². The minimum atomic E-state index is -1.14. The summed E-state index contributed by atoms with van der Waals surface area (Å²) >= 11 is 5.94. The van der Waals surface area contributed by atoms with Crippen LogP contribution in [0.15, 0.2) is 24.4 Å². The number of aromatic nitrogens is 1. The van der Waals surface area contributed by atoms with Crippen LogP contribution in [-0.2, 0) is 0 Å². The fraction of sp³-hybridized carbons (Fsp3) is 0. The molecule has 0 aliphatic rings. The molecule has 0 aliphatic heterocycles. The summed E-state index contributed by atoms with van der Waals surface area (Å²) in [5, 5.41) is 18.2. The van der Waals surface area contributed by atoms with Gasteiger partial charge in [0, 0.05) is 11.6 Å². The van der Waals surface area contributed by atoms with Crippen molar-refractivity contribution in [3.63, 3.8) is 0 Å². The minimum absolute atomic E-state index is 0.0655. The van der Waals surface area contributed by atoms with Crippen molar-refractivity contribution < 1.29 is 9.90 Å². The first-order chi connectivity index (χ1) is 7.63. The van der Waals surface area contributed by atoms with Gasteiger partial charge in [0.1, 0.15) is 0 Å². The number of carboxylic acids is 1. The zero-order valence-electron chi connectivity index (χ0n) is 7.94. The molecule has 0 bridgehead atoms. The monoisotopic (exact) mass is 232 g/mol. The fourth-order valence-corrected chi connectivity index (χ4v) is 1.66. The first-order valence-corrected chi connectivity index (χ1v) is 4.73. The summed E-state index contributed by atoms with van der Waals surface area (Å²) in [6.45, 7) is 0. The molecule has 4 nitrogen and oxygen atoms in total. The van der Waals surface area contributed by atoms with Gasteiger partial charge in [0.05, 0.1) is 27.7 Å². The van der Waals surface area contributed by atoms with Crippen molar-refractivity contribution in [3.05, 3.63) is 40.5 Å². The highest BCUT2D eigenvalue weighted by Crippen LogP contribution is 2.26. The van der Waals surface area contributed by atoms with Gasteiger partial charge in [-0.25, -0.2) is 4.79 Å². The molecular weight excluding hydrogens is 228 g/mol.